The molecule has 0 atom stereocenters. The molecule has 2 aromatic rings. The van der Waals surface area contributed by atoms with Crippen LogP contribution in [0.5, 0.6) is 17.2 Å². The fraction of sp³-hybridized carbons (Fsp3) is 0.133. The van der Waals surface area contributed by atoms with Crippen molar-refractivity contribution in [1.29, 1.82) is 0 Å². The maximum atomic E-state index is 11.4. The Hall–Kier alpha value is -1.91. The van der Waals surface area contributed by atoms with E-state index in [-0.39, 0.29) is 0 Å². The number of halogens is 2. The minimum absolute atomic E-state index is 0.378. The fourth-order valence-electron chi connectivity index (χ4n) is 1.57. The van der Waals surface area contributed by atoms with Gasteiger partial charge in [-0.3, -0.25) is 0 Å². The first-order chi connectivity index (χ1) is 10.1. The summed E-state index contributed by atoms with van der Waals surface area (Å²) >= 11 is 11.9. The second kappa shape index (κ2) is 7.20. The molecule has 1 N–H and O–H groups in total. The molecule has 0 heterocycles. The highest BCUT2D eigenvalue weighted by Gasteiger charge is 2.07. The van der Waals surface area contributed by atoms with Crippen LogP contribution in [0.25, 0.3) is 0 Å². The van der Waals surface area contributed by atoms with Gasteiger partial charge in [0.1, 0.15) is 17.2 Å². The number of nitrogens with one attached hydrogen (secondary N) is 1. The molecule has 0 fully saturated rings. The molecular formula is C15H13Cl2NO3. The van der Waals surface area contributed by atoms with E-state index >= 15 is 0 Å². The molecule has 0 aliphatic rings. The van der Waals surface area contributed by atoms with E-state index in [4.69, 9.17) is 32.7 Å². The van der Waals surface area contributed by atoms with Crippen LogP contribution >= 0.6 is 23.2 Å². The van der Waals surface area contributed by atoms with E-state index in [9.17, 15) is 4.79 Å². The standard InChI is InChI=1S/C15H13Cl2NO3/c1-2-18-15(19)21-12-5-3-4-11(9-12)20-14-7-6-10(16)8-13(14)17/h3-9H,2H2,1H3,(H,18,19). The zero-order chi connectivity index (χ0) is 15.2. The Kier molecular flexibility index (Phi) is 5.31. The van der Waals surface area contributed by atoms with E-state index in [0.29, 0.717) is 33.8 Å². The zero-order valence-electron chi connectivity index (χ0n) is 11.2. The Balaban J connectivity index is 2.12. The van der Waals surface area contributed by atoms with Crippen LogP contribution < -0.4 is 14.8 Å². The summed E-state index contributed by atoms with van der Waals surface area (Å²) in [5.74, 6) is 1.35. The number of ether oxygens (including phenoxy) is 2. The first-order valence-electron chi connectivity index (χ1n) is 6.27. The lowest BCUT2D eigenvalue weighted by molar-refractivity contribution is 0.201. The van der Waals surface area contributed by atoms with Crippen LogP contribution in [0.15, 0.2) is 42.5 Å². The van der Waals surface area contributed by atoms with E-state index in [1.54, 1.807) is 42.5 Å². The van der Waals surface area contributed by atoms with Crippen LogP contribution in [0.2, 0.25) is 10.0 Å². The molecular weight excluding hydrogens is 313 g/mol. The van der Waals surface area contributed by atoms with E-state index < -0.39 is 6.09 Å². The minimum Gasteiger partial charge on any atom is -0.456 e. The number of benzene rings is 2. The molecule has 0 spiro atoms. The summed E-state index contributed by atoms with van der Waals surface area (Å²) in [6, 6.07) is 11.6. The summed E-state index contributed by atoms with van der Waals surface area (Å²) in [5, 5.41) is 3.47. The Morgan fingerprint density at radius 2 is 1.90 bits per heavy atom. The molecule has 0 saturated carbocycles. The Bertz CT molecular complexity index is 647. The van der Waals surface area contributed by atoms with Crippen LogP contribution in [0.3, 0.4) is 0 Å². The van der Waals surface area contributed by atoms with Crippen LogP contribution in [0.4, 0.5) is 4.79 Å². The second-order valence-corrected chi connectivity index (χ2v) is 4.92. The Morgan fingerprint density at radius 3 is 2.62 bits per heavy atom. The minimum atomic E-state index is -0.515. The molecule has 110 valence electrons. The number of carbonyl (C=O) groups is 1. The lowest BCUT2D eigenvalue weighted by Gasteiger charge is -2.09. The monoisotopic (exact) mass is 325 g/mol. The molecule has 0 unspecified atom stereocenters. The lowest BCUT2D eigenvalue weighted by atomic mass is 10.3. The zero-order valence-corrected chi connectivity index (χ0v) is 12.7. The predicted molar refractivity (Wildman–Crippen MR) is 82.7 cm³/mol. The molecule has 0 saturated heterocycles. The average molecular weight is 326 g/mol. The molecule has 2 aromatic carbocycles. The molecule has 0 aliphatic carbocycles. The van der Waals surface area contributed by atoms with Gasteiger partial charge in [-0.15, -0.1) is 0 Å². The topological polar surface area (TPSA) is 47.6 Å². The van der Waals surface area contributed by atoms with Crippen LogP contribution in [0.1, 0.15) is 6.92 Å². The smallest absolute Gasteiger partial charge is 0.412 e. The predicted octanol–water partition coefficient (Wildman–Crippen LogP) is 4.89. The normalized spacial score (nSPS) is 10.0. The van der Waals surface area contributed by atoms with E-state index in [1.165, 1.54) is 0 Å². The molecule has 4 nitrogen and oxygen atoms in total. The Labute approximate surface area is 132 Å². The Morgan fingerprint density at radius 1 is 1.14 bits per heavy atom. The quantitative estimate of drug-likeness (QED) is 0.870. The van der Waals surface area contributed by atoms with E-state index in [2.05, 4.69) is 5.32 Å². The van der Waals surface area contributed by atoms with Gasteiger partial charge in [-0.1, -0.05) is 29.3 Å². The molecule has 21 heavy (non-hydrogen) atoms. The molecule has 0 bridgehead atoms. The van der Waals surface area contributed by atoms with Gasteiger partial charge < -0.3 is 14.8 Å². The summed E-state index contributed by atoms with van der Waals surface area (Å²) in [6.07, 6.45) is -0.515. The van der Waals surface area contributed by atoms with Gasteiger partial charge in [0.2, 0.25) is 0 Å². The van der Waals surface area contributed by atoms with E-state index in [0.717, 1.165) is 0 Å². The number of hydrogen-bond donors (Lipinski definition) is 1. The summed E-state index contributed by atoms with van der Waals surface area (Å²) in [6.45, 7) is 2.30. The highest BCUT2D eigenvalue weighted by atomic mass is 35.5. The number of rotatable bonds is 4. The van der Waals surface area contributed by atoms with Gasteiger partial charge >= 0.3 is 6.09 Å². The molecule has 0 radical (unpaired) electrons. The highest BCUT2D eigenvalue weighted by Crippen LogP contribution is 2.32. The van der Waals surface area contributed by atoms with Crippen molar-refractivity contribution in [2.75, 3.05) is 6.54 Å². The van der Waals surface area contributed by atoms with Crippen molar-refractivity contribution in [2.24, 2.45) is 0 Å². The van der Waals surface area contributed by atoms with Crippen molar-refractivity contribution < 1.29 is 14.3 Å². The van der Waals surface area contributed by atoms with Gasteiger partial charge in [-0.25, -0.2) is 4.79 Å². The van der Waals surface area contributed by atoms with Gasteiger partial charge in [-0.2, -0.15) is 0 Å². The van der Waals surface area contributed by atoms with Crippen molar-refractivity contribution in [3.8, 4) is 17.2 Å². The van der Waals surface area contributed by atoms with Crippen molar-refractivity contribution in [3.63, 3.8) is 0 Å². The maximum absolute atomic E-state index is 11.4. The highest BCUT2D eigenvalue weighted by molar-refractivity contribution is 6.35. The number of carbonyl (C=O) groups excluding carboxylic acids is 1. The number of hydrogen-bond acceptors (Lipinski definition) is 3. The first kappa shape index (κ1) is 15.5. The van der Waals surface area contributed by atoms with Crippen LogP contribution in [-0.4, -0.2) is 12.6 Å². The van der Waals surface area contributed by atoms with Gasteiger partial charge in [0, 0.05) is 17.6 Å². The summed E-state index contributed by atoms with van der Waals surface area (Å²) in [7, 11) is 0. The van der Waals surface area contributed by atoms with Gasteiger partial charge in [0.25, 0.3) is 0 Å². The second-order valence-electron chi connectivity index (χ2n) is 4.07. The van der Waals surface area contributed by atoms with Crippen molar-refractivity contribution in [2.45, 2.75) is 6.92 Å². The first-order valence-corrected chi connectivity index (χ1v) is 7.02. The van der Waals surface area contributed by atoms with Crippen molar-refractivity contribution >= 4 is 29.3 Å². The third-order valence-corrected chi connectivity index (χ3v) is 2.99. The molecule has 1 amide bonds. The van der Waals surface area contributed by atoms with Gasteiger partial charge in [0.05, 0.1) is 5.02 Å². The largest absolute Gasteiger partial charge is 0.456 e. The SMILES string of the molecule is CCNC(=O)Oc1cccc(Oc2ccc(Cl)cc2Cl)c1. The molecule has 6 heteroatoms. The fourth-order valence-corrected chi connectivity index (χ4v) is 2.02. The van der Waals surface area contributed by atoms with Gasteiger partial charge in [-0.05, 0) is 37.3 Å². The third-order valence-electron chi connectivity index (χ3n) is 2.46. The van der Waals surface area contributed by atoms with E-state index in [1.807, 2.05) is 6.92 Å². The summed E-state index contributed by atoms with van der Waals surface area (Å²) in [5.41, 5.74) is 0. The molecule has 2 rings (SSSR count). The third kappa shape index (κ3) is 4.55. The van der Waals surface area contributed by atoms with Gasteiger partial charge in [0.15, 0.2) is 0 Å². The maximum Gasteiger partial charge on any atom is 0.412 e. The molecule has 0 aromatic heterocycles. The van der Waals surface area contributed by atoms with Crippen molar-refractivity contribution in [3.05, 3.63) is 52.5 Å². The number of amides is 1. The molecule has 0 aliphatic heterocycles. The summed E-state index contributed by atoms with van der Waals surface area (Å²) in [4.78, 5) is 11.4. The van der Waals surface area contributed by atoms with Crippen LogP contribution in [-0.2, 0) is 0 Å². The summed E-state index contributed by atoms with van der Waals surface area (Å²) < 4.78 is 10.7. The van der Waals surface area contributed by atoms with Crippen molar-refractivity contribution in [1.82, 2.24) is 5.32 Å². The lowest BCUT2D eigenvalue weighted by Crippen LogP contribution is -2.26. The average Bonchev–Trinajstić information content (AvgIpc) is 2.42. The van der Waals surface area contributed by atoms with Crippen LogP contribution in [0, 0.1) is 0 Å².